The normalized spacial score (nSPS) is 18.2. The lowest BCUT2D eigenvalue weighted by Gasteiger charge is -2.23. The van der Waals surface area contributed by atoms with Gasteiger partial charge in [-0.3, -0.25) is 4.79 Å². The van der Waals surface area contributed by atoms with E-state index in [0.717, 1.165) is 25.9 Å². The van der Waals surface area contributed by atoms with Gasteiger partial charge in [-0.25, -0.2) is 13.1 Å². The maximum absolute atomic E-state index is 12.5. The maximum Gasteiger partial charge on any atom is 0.251 e. The van der Waals surface area contributed by atoms with Crippen LogP contribution in [0.25, 0.3) is 0 Å². The topological polar surface area (TPSA) is 96.5 Å². The van der Waals surface area contributed by atoms with Gasteiger partial charge in [0.2, 0.25) is 10.0 Å². The number of amides is 1. The summed E-state index contributed by atoms with van der Waals surface area (Å²) in [6.07, 6.45) is 2.18. The minimum atomic E-state index is -3.76. The molecule has 8 heteroatoms. The fraction of sp³-hybridized carbons (Fsp3) is 0.588. The number of nitrogens with one attached hydrogen (secondary N) is 3. The van der Waals surface area contributed by atoms with Crippen molar-refractivity contribution in [3.63, 3.8) is 0 Å². The molecule has 1 amide bonds. The molecule has 3 N–H and O–H groups in total. The van der Waals surface area contributed by atoms with Crippen LogP contribution in [0.3, 0.4) is 0 Å². The predicted octanol–water partition coefficient (Wildman–Crippen LogP) is 1.11. The molecule has 0 spiro atoms. The van der Waals surface area contributed by atoms with Crippen LogP contribution < -0.4 is 20.1 Å². The van der Waals surface area contributed by atoms with Gasteiger partial charge in [0.25, 0.3) is 5.91 Å². The van der Waals surface area contributed by atoms with E-state index in [-0.39, 0.29) is 22.6 Å². The summed E-state index contributed by atoms with van der Waals surface area (Å²) in [4.78, 5) is 12.4. The number of hydrogen-bond acceptors (Lipinski definition) is 5. The Morgan fingerprint density at radius 2 is 2.16 bits per heavy atom. The van der Waals surface area contributed by atoms with Crippen molar-refractivity contribution in [3.05, 3.63) is 23.8 Å². The van der Waals surface area contributed by atoms with Crippen molar-refractivity contribution in [1.29, 1.82) is 0 Å². The SMILES string of the molecule is COc1ccc(C(=O)NCC2CCCNC2)cc1S(=O)(=O)NC(C)C. The van der Waals surface area contributed by atoms with Crippen LogP contribution in [0.1, 0.15) is 37.0 Å². The van der Waals surface area contributed by atoms with Gasteiger partial charge in [0.05, 0.1) is 7.11 Å². The van der Waals surface area contributed by atoms with E-state index >= 15 is 0 Å². The monoisotopic (exact) mass is 369 g/mol. The van der Waals surface area contributed by atoms with E-state index in [4.69, 9.17) is 4.74 Å². The second kappa shape index (κ2) is 8.64. The molecule has 1 fully saturated rings. The smallest absolute Gasteiger partial charge is 0.251 e. The molecule has 140 valence electrons. The first-order chi connectivity index (χ1) is 11.8. The van der Waals surface area contributed by atoms with Crippen LogP contribution in [0.4, 0.5) is 0 Å². The van der Waals surface area contributed by atoms with Crippen molar-refractivity contribution >= 4 is 15.9 Å². The van der Waals surface area contributed by atoms with Crippen molar-refractivity contribution in [3.8, 4) is 5.75 Å². The van der Waals surface area contributed by atoms with Crippen LogP contribution in [0, 0.1) is 5.92 Å². The Morgan fingerprint density at radius 3 is 2.76 bits per heavy atom. The Balaban J connectivity index is 2.15. The fourth-order valence-electron chi connectivity index (χ4n) is 2.84. The van der Waals surface area contributed by atoms with Gasteiger partial charge in [0.15, 0.2) is 0 Å². The van der Waals surface area contributed by atoms with Crippen molar-refractivity contribution in [2.75, 3.05) is 26.7 Å². The fourth-order valence-corrected chi connectivity index (χ4v) is 4.28. The van der Waals surface area contributed by atoms with Gasteiger partial charge >= 0.3 is 0 Å². The Hall–Kier alpha value is -1.64. The highest BCUT2D eigenvalue weighted by Crippen LogP contribution is 2.25. The second-order valence-electron chi connectivity index (χ2n) is 6.56. The summed E-state index contributed by atoms with van der Waals surface area (Å²) < 4.78 is 32.6. The van der Waals surface area contributed by atoms with E-state index < -0.39 is 10.0 Å². The van der Waals surface area contributed by atoms with E-state index in [1.807, 2.05) is 0 Å². The molecule has 1 aromatic rings. The zero-order chi connectivity index (χ0) is 18.4. The van der Waals surface area contributed by atoms with Crippen LogP contribution in [-0.2, 0) is 10.0 Å². The molecule has 1 heterocycles. The first-order valence-corrected chi connectivity index (χ1v) is 10.0. The Labute approximate surface area is 149 Å². The summed E-state index contributed by atoms with van der Waals surface area (Å²) >= 11 is 0. The molecule has 1 unspecified atom stereocenters. The molecule has 7 nitrogen and oxygen atoms in total. The molecule has 1 aromatic carbocycles. The van der Waals surface area contributed by atoms with E-state index in [1.165, 1.54) is 19.2 Å². The average molecular weight is 369 g/mol. The highest BCUT2D eigenvalue weighted by atomic mass is 32.2. The highest BCUT2D eigenvalue weighted by molar-refractivity contribution is 7.89. The number of sulfonamides is 1. The predicted molar refractivity (Wildman–Crippen MR) is 96.4 cm³/mol. The summed E-state index contributed by atoms with van der Waals surface area (Å²) in [6.45, 7) is 5.95. The number of carbonyl (C=O) groups excluding carboxylic acids is 1. The minimum Gasteiger partial charge on any atom is -0.495 e. The lowest BCUT2D eigenvalue weighted by Crippen LogP contribution is -2.38. The lowest BCUT2D eigenvalue weighted by atomic mass is 9.99. The molecular formula is C17H27N3O4S. The number of hydrogen-bond donors (Lipinski definition) is 3. The van der Waals surface area contributed by atoms with Crippen LogP contribution in [0.5, 0.6) is 5.75 Å². The van der Waals surface area contributed by atoms with Gasteiger partial charge in [0.1, 0.15) is 10.6 Å². The Kier molecular flexibility index (Phi) is 6.80. The third-order valence-electron chi connectivity index (χ3n) is 4.06. The average Bonchev–Trinajstić information content (AvgIpc) is 2.59. The summed E-state index contributed by atoms with van der Waals surface area (Å²) in [5, 5.41) is 6.20. The minimum absolute atomic E-state index is 0.0318. The first kappa shape index (κ1) is 19.7. The number of rotatable bonds is 7. The lowest BCUT2D eigenvalue weighted by molar-refractivity contribution is 0.0944. The van der Waals surface area contributed by atoms with Crippen molar-refractivity contribution in [2.45, 2.75) is 37.6 Å². The maximum atomic E-state index is 12.5. The second-order valence-corrected chi connectivity index (χ2v) is 8.25. The first-order valence-electron chi connectivity index (χ1n) is 8.52. The van der Waals surface area contributed by atoms with Gasteiger partial charge in [0, 0.05) is 18.2 Å². The molecular weight excluding hydrogens is 342 g/mol. The molecule has 0 radical (unpaired) electrons. The summed E-state index contributed by atoms with van der Waals surface area (Å²) in [5.41, 5.74) is 0.300. The van der Waals surface area contributed by atoms with Gasteiger partial charge in [-0.1, -0.05) is 0 Å². The van der Waals surface area contributed by atoms with Crippen LogP contribution in [0.15, 0.2) is 23.1 Å². The van der Waals surface area contributed by atoms with Gasteiger partial charge in [-0.05, 0) is 63.9 Å². The zero-order valence-corrected chi connectivity index (χ0v) is 15.8. The number of ether oxygens (including phenoxy) is 1. The van der Waals surface area contributed by atoms with Gasteiger partial charge < -0.3 is 15.4 Å². The van der Waals surface area contributed by atoms with Crippen molar-refractivity contribution < 1.29 is 17.9 Å². The molecule has 0 aliphatic carbocycles. The molecule has 0 bridgehead atoms. The molecule has 1 aliphatic heterocycles. The van der Waals surface area contributed by atoms with E-state index in [9.17, 15) is 13.2 Å². The molecule has 25 heavy (non-hydrogen) atoms. The quantitative estimate of drug-likeness (QED) is 0.669. The number of carbonyl (C=O) groups is 1. The third-order valence-corrected chi connectivity index (χ3v) is 5.74. The summed E-state index contributed by atoms with van der Waals surface area (Å²) in [7, 11) is -2.36. The molecule has 0 saturated carbocycles. The van der Waals surface area contributed by atoms with Gasteiger partial charge in [-0.2, -0.15) is 0 Å². The van der Waals surface area contributed by atoms with Crippen LogP contribution in [0.2, 0.25) is 0 Å². The van der Waals surface area contributed by atoms with Crippen LogP contribution >= 0.6 is 0 Å². The highest BCUT2D eigenvalue weighted by Gasteiger charge is 2.23. The van der Waals surface area contributed by atoms with Crippen molar-refractivity contribution in [1.82, 2.24) is 15.4 Å². The number of benzene rings is 1. The molecule has 1 aliphatic rings. The molecule has 1 saturated heterocycles. The Morgan fingerprint density at radius 1 is 1.40 bits per heavy atom. The van der Waals surface area contributed by atoms with Gasteiger partial charge in [-0.15, -0.1) is 0 Å². The van der Waals surface area contributed by atoms with E-state index in [2.05, 4.69) is 15.4 Å². The summed E-state index contributed by atoms with van der Waals surface area (Å²) in [6, 6.07) is 4.18. The third kappa shape index (κ3) is 5.42. The Bertz CT molecular complexity index is 698. The van der Waals surface area contributed by atoms with E-state index in [1.54, 1.807) is 19.9 Å². The molecule has 2 rings (SSSR count). The summed E-state index contributed by atoms with van der Waals surface area (Å²) in [5.74, 6) is 0.331. The largest absolute Gasteiger partial charge is 0.495 e. The number of methoxy groups -OCH3 is 1. The standard InChI is InChI=1S/C17H27N3O4S/c1-12(2)20-25(22,23)16-9-14(6-7-15(16)24-3)17(21)19-11-13-5-4-8-18-10-13/h6-7,9,12-13,18,20H,4-5,8,10-11H2,1-3H3,(H,19,21). The zero-order valence-electron chi connectivity index (χ0n) is 15.0. The molecule has 0 aromatic heterocycles. The van der Waals surface area contributed by atoms with Crippen LogP contribution in [-0.4, -0.2) is 47.1 Å². The number of piperidine rings is 1. The van der Waals surface area contributed by atoms with E-state index in [0.29, 0.717) is 18.0 Å². The van der Waals surface area contributed by atoms with Crippen molar-refractivity contribution in [2.24, 2.45) is 5.92 Å². The molecule has 1 atom stereocenters.